The molecule has 12 heteroatoms. The predicted molar refractivity (Wildman–Crippen MR) is 153 cm³/mol. The maximum absolute atomic E-state index is 14.2. The molecule has 0 N–H and O–H groups in total. The molecule has 1 fully saturated rings. The summed E-state index contributed by atoms with van der Waals surface area (Å²) in [6, 6.07) is 13.8. The maximum atomic E-state index is 14.2. The Morgan fingerprint density at radius 3 is 2.07 bits per heavy atom. The van der Waals surface area contributed by atoms with Gasteiger partial charge >= 0.3 is 0 Å². The third-order valence-corrected chi connectivity index (χ3v) is 8.83. The van der Waals surface area contributed by atoms with Crippen LogP contribution < -0.4 is 23.8 Å². The molecule has 3 aromatic carbocycles. The Morgan fingerprint density at radius 2 is 1.43 bits per heavy atom. The van der Waals surface area contributed by atoms with E-state index in [0.717, 1.165) is 11.1 Å². The number of nitrogens with zero attached hydrogens (tertiary/aromatic N) is 2. The second-order valence-electron chi connectivity index (χ2n) is 10.0. The highest BCUT2D eigenvalue weighted by atomic mass is 32.2. The first-order chi connectivity index (χ1) is 20.1. The van der Waals surface area contributed by atoms with E-state index < -0.39 is 28.2 Å². The summed E-state index contributed by atoms with van der Waals surface area (Å²) in [6.07, 6.45) is -0.917. The lowest BCUT2D eigenvalue weighted by atomic mass is 10.1. The molecule has 2 amide bonds. The minimum absolute atomic E-state index is 0.000354. The summed E-state index contributed by atoms with van der Waals surface area (Å²) in [5.74, 6) is 0.846. The molecule has 0 saturated carbocycles. The van der Waals surface area contributed by atoms with Crippen molar-refractivity contribution in [1.29, 1.82) is 0 Å². The zero-order chi connectivity index (χ0) is 30.2. The topological polar surface area (TPSA) is 121 Å². The van der Waals surface area contributed by atoms with Crippen LogP contribution in [0, 0.1) is 6.92 Å². The van der Waals surface area contributed by atoms with Crippen molar-refractivity contribution in [2.45, 2.75) is 36.9 Å². The van der Waals surface area contributed by atoms with Crippen LogP contribution in [-0.2, 0) is 25.6 Å². The smallest absolute Gasteiger partial charge is 0.297 e. The van der Waals surface area contributed by atoms with E-state index in [1.165, 1.54) is 56.4 Å². The standard InChI is InChI=1S/C30H32N2O9S/c1-18-6-9-21(10-7-18)42(35,36)41-20-13-24-30(34)31(16-19-8-11-25(37-2)26(12-19)38-3)23-15-28(40-5)27(39-4)14-22(23)29(33)32(24)17-20/h6-12,14-15,20,24H,13,16-17H2,1-5H3/t20-,24+/m1/s1. The number of hydrogen-bond donors (Lipinski definition) is 0. The lowest BCUT2D eigenvalue weighted by Gasteiger charge is -2.26. The lowest BCUT2D eigenvalue weighted by Crippen LogP contribution is -2.44. The number of methoxy groups -OCH3 is 4. The van der Waals surface area contributed by atoms with Crippen LogP contribution in [0.1, 0.15) is 27.9 Å². The summed E-state index contributed by atoms with van der Waals surface area (Å²) in [5, 5.41) is 0. The monoisotopic (exact) mass is 596 g/mol. The van der Waals surface area contributed by atoms with Crippen LogP contribution in [-0.4, -0.2) is 72.3 Å². The van der Waals surface area contributed by atoms with E-state index in [-0.39, 0.29) is 35.9 Å². The molecular formula is C30H32N2O9S. The first kappa shape index (κ1) is 29.2. The summed E-state index contributed by atoms with van der Waals surface area (Å²) >= 11 is 0. The van der Waals surface area contributed by atoms with Crippen LogP contribution in [0.25, 0.3) is 0 Å². The van der Waals surface area contributed by atoms with Gasteiger partial charge in [0.05, 0.1) is 57.2 Å². The molecule has 2 aliphatic rings. The Labute approximate surface area is 244 Å². The van der Waals surface area contributed by atoms with Crippen LogP contribution in [0.15, 0.2) is 59.5 Å². The third kappa shape index (κ3) is 5.35. The van der Waals surface area contributed by atoms with Gasteiger partial charge < -0.3 is 28.7 Å². The molecule has 0 bridgehead atoms. The fraction of sp³-hybridized carbons (Fsp3) is 0.333. The van der Waals surface area contributed by atoms with Crippen molar-refractivity contribution >= 4 is 27.6 Å². The van der Waals surface area contributed by atoms with Gasteiger partial charge in [0.2, 0.25) is 5.91 Å². The van der Waals surface area contributed by atoms with Crippen LogP contribution >= 0.6 is 0 Å². The van der Waals surface area contributed by atoms with Gasteiger partial charge in [0, 0.05) is 19.0 Å². The minimum atomic E-state index is -4.13. The molecule has 2 heterocycles. The number of carbonyl (C=O) groups excluding carboxylic acids is 2. The number of aryl methyl sites for hydroxylation is 1. The third-order valence-electron chi connectivity index (χ3n) is 7.46. The molecule has 11 nitrogen and oxygen atoms in total. The number of ether oxygens (including phenoxy) is 4. The Bertz CT molecular complexity index is 1620. The van der Waals surface area contributed by atoms with Crippen molar-refractivity contribution in [3.63, 3.8) is 0 Å². The SMILES string of the molecule is COc1ccc(CN2C(=O)[C@@H]3C[C@@H](OS(=O)(=O)c4ccc(C)cc4)CN3C(=O)c3cc(OC)c(OC)cc32)cc1OC. The predicted octanol–water partition coefficient (Wildman–Crippen LogP) is 3.56. The van der Waals surface area contributed by atoms with E-state index in [2.05, 4.69) is 0 Å². The number of benzene rings is 3. The molecule has 3 aromatic rings. The average Bonchev–Trinajstić information content (AvgIpc) is 3.38. The van der Waals surface area contributed by atoms with Crippen LogP contribution in [0.3, 0.4) is 0 Å². The van der Waals surface area contributed by atoms with Gasteiger partial charge in [-0.1, -0.05) is 23.8 Å². The minimum Gasteiger partial charge on any atom is -0.493 e. The van der Waals surface area contributed by atoms with Crippen molar-refractivity contribution in [2.24, 2.45) is 0 Å². The Morgan fingerprint density at radius 1 is 0.810 bits per heavy atom. The molecule has 0 aliphatic carbocycles. The Kier molecular flexibility index (Phi) is 8.02. The zero-order valence-corrected chi connectivity index (χ0v) is 24.8. The summed E-state index contributed by atoms with van der Waals surface area (Å²) in [5.41, 5.74) is 2.18. The number of hydrogen-bond acceptors (Lipinski definition) is 9. The van der Waals surface area contributed by atoms with E-state index in [9.17, 15) is 18.0 Å². The first-order valence-electron chi connectivity index (χ1n) is 13.2. The zero-order valence-electron chi connectivity index (χ0n) is 23.9. The second kappa shape index (κ2) is 11.5. The molecule has 2 aliphatic heterocycles. The van der Waals surface area contributed by atoms with Crippen LogP contribution in [0.4, 0.5) is 5.69 Å². The van der Waals surface area contributed by atoms with Crippen molar-refractivity contribution in [3.05, 3.63) is 71.3 Å². The molecule has 2 atom stereocenters. The average molecular weight is 597 g/mol. The molecule has 0 spiro atoms. The highest BCUT2D eigenvalue weighted by Crippen LogP contribution is 2.41. The number of rotatable bonds is 9. The Hall–Kier alpha value is -4.29. The van der Waals surface area contributed by atoms with E-state index in [0.29, 0.717) is 28.7 Å². The summed E-state index contributed by atoms with van der Waals surface area (Å²) in [6.45, 7) is 1.85. The summed E-state index contributed by atoms with van der Waals surface area (Å²) < 4.78 is 53.4. The maximum Gasteiger partial charge on any atom is 0.297 e. The molecule has 1 saturated heterocycles. The summed E-state index contributed by atoms with van der Waals surface area (Å²) in [4.78, 5) is 31.0. The van der Waals surface area contributed by atoms with E-state index in [1.54, 1.807) is 36.4 Å². The molecule has 0 radical (unpaired) electrons. The first-order valence-corrected chi connectivity index (χ1v) is 14.6. The van der Waals surface area contributed by atoms with E-state index in [4.69, 9.17) is 23.1 Å². The van der Waals surface area contributed by atoms with Gasteiger partial charge in [-0.15, -0.1) is 0 Å². The van der Waals surface area contributed by atoms with Crippen molar-refractivity contribution in [2.75, 3.05) is 39.9 Å². The van der Waals surface area contributed by atoms with Gasteiger partial charge in [0.25, 0.3) is 16.0 Å². The molecular weight excluding hydrogens is 564 g/mol. The highest BCUT2D eigenvalue weighted by Gasteiger charge is 2.47. The van der Waals surface area contributed by atoms with Crippen molar-refractivity contribution in [3.8, 4) is 23.0 Å². The number of anilines is 1. The summed E-state index contributed by atoms with van der Waals surface area (Å²) in [7, 11) is 1.85. The van der Waals surface area contributed by atoms with Gasteiger partial charge in [-0.05, 0) is 42.8 Å². The number of amides is 2. The molecule has 42 heavy (non-hydrogen) atoms. The molecule has 0 unspecified atom stereocenters. The van der Waals surface area contributed by atoms with Gasteiger partial charge in [0.15, 0.2) is 23.0 Å². The quantitative estimate of drug-likeness (QED) is 0.342. The molecule has 5 rings (SSSR count). The van der Waals surface area contributed by atoms with Gasteiger partial charge in [-0.3, -0.25) is 13.8 Å². The van der Waals surface area contributed by atoms with Crippen LogP contribution in [0.2, 0.25) is 0 Å². The van der Waals surface area contributed by atoms with Gasteiger partial charge in [0.1, 0.15) is 6.04 Å². The molecule has 222 valence electrons. The van der Waals surface area contributed by atoms with Crippen LogP contribution in [0.5, 0.6) is 23.0 Å². The lowest BCUT2D eigenvalue weighted by molar-refractivity contribution is -0.122. The van der Waals surface area contributed by atoms with Crippen molar-refractivity contribution < 1.29 is 41.1 Å². The van der Waals surface area contributed by atoms with E-state index >= 15 is 0 Å². The van der Waals surface area contributed by atoms with Crippen molar-refractivity contribution in [1.82, 2.24) is 4.90 Å². The largest absolute Gasteiger partial charge is 0.493 e. The normalized spacial score (nSPS) is 18.3. The fourth-order valence-electron chi connectivity index (χ4n) is 5.31. The molecule has 0 aromatic heterocycles. The Balaban J connectivity index is 1.53. The second-order valence-corrected chi connectivity index (χ2v) is 11.6. The number of fused-ring (bicyclic) bond motifs is 2. The van der Waals surface area contributed by atoms with Gasteiger partial charge in [-0.25, -0.2) is 0 Å². The fourth-order valence-corrected chi connectivity index (χ4v) is 6.38. The van der Waals surface area contributed by atoms with Gasteiger partial charge in [-0.2, -0.15) is 8.42 Å². The number of carbonyl (C=O) groups is 2. The van der Waals surface area contributed by atoms with E-state index in [1.807, 2.05) is 6.92 Å². The highest BCUT2D eigenvalue weighted by molar-refractivity contribution is 7.86.